The number of nitrogens with zero attached hydrogens (tertiary/aromatic N) is 2. The van der Waals surface area contributed by atoms with Gasteiger partial charge in [0.1, 0.15) is 5.52 Å². The van der Waals surface area contributed by atoms with Crippen molar-refractivity contribution in [3.05, 3.63) is 23.8 Å². The first-order valence-corrected chi connectivity index (χ1v) is 6.66. The van der Waals surface area contributed by atoms with E-state index >= 15 is 0 Å². The summed E-state index contributed by atoms with van der Waals surface area (Å²) in [7, 11) is 0. The van der Waals surface area contributed by atoms with E-state index in [1.807, 2.05) is 0 Å². The van der Waals surface area contributed by atoms with Crippen LogP contribution in [0.3, 0.4) is 0 Å². The van der Waals surface area contributed by atoms with Crippen LogP contribution in [0.5, 0.6) is 0 Å². The van der Waals surface area contributed by atoms with Gasteiger partial charge >= 0.3 is 0 Å². The summed E-state index contributed by atoms with van der Waals surface area (Å²) in [5, 5.41) is 0. The van der Waals surface area contributed by atoms with Crippen LogP contribution in [0.15, 0.2) is 16.5 Å². The van der Waals surface area contributed by atoms with Gasteiger partial charge in [0.15, 0.2) is 5.58 Å². The zero-order chi connectivity index (χ0) is 13.7. The Morgan fingerprint density at radius 3 is 3.05 bits per heavy atom. The van der Waals surface area contributed by atoms with Gasteiger partial charge in [-0.1, -0.05) is 0 Å². The summed E-state index contributed by atoms with van der Waals surface area (Å²) in [6.45, 7) is 2.38. The minimum atomic E-state index is -0.544. The lowest BCUT2D eigenvalue weighted by Crippen LogP contribution is -2.61. The zero-order valence-electron chi connectivity index (χ0n) is 10.9. The SMILES string of the molecule is NC(=O)c1[c]ccc2oc(N3CCC34CCOC4)nc12. The van der Waals surface area contributed by atoms with E-state index in [1.54, 1.807) is 12.1 Å². The van der Waals surface area contributed by atoms with Crippen molar-refractivity contribution in [3.8, 4) is 0 Å². The van der Waals surface area contributed by atoms with Gasteiger partial charge in [-0.25, -0.2) is 0 Å². The number of hydrogen-bond acceptors (Lipinski definition) is 5. The monoisotopic (exact) mass is 272 g/mol. The molecule has 20 heavy (non-hydrogen) atoms. The maximum atomic E-state index is 11.4. The van der Waals surface area contributed by atoms with Gasteiger partial charge < -0.3 is 19.8 Å². The van der Waals surface area contributed by atoms with Crippen LogP contribution in [-0.2, 0) is 4.74 Å². The lowest BCUT2D eigenvalue weighted by atomic mass is 9.84. The van der Waals surface area contributed by atoms with Crippen molar-refractivity contribution >= 4 is 23.0 Å². The molecule has 2 aliphatic heterocycles. The number of ether oxygens (including phenoxy) is 1. The van der Waals surface area contributed by atoms with E-state index in [0.717, 1.165) is 26.0 Å². The predicted octanol–water partition coefficient (Wildman–Crippen LogP) is 1.10. The summed E-state index contributed by atoms with van der Waals surface area (Å²) in [5.41, 5.74) is 6.69. The van der Waals surface area contributed by atoms with Gasteiger partial charge in [0.05, 0.1) is 17.7 Å². The molecule has 1 atom stereocenters. The van der Waals surface area contributed by atoms with Crippen LogP contribution in [0.2, 0.25) is 0 Å². The number of carbonyl (C=O) groups excluding carboxylic acids is 1. The van der Waals surface area contributed by atoms with Crippen molar-refractivity contribution in [1.82, 2.24) is 4.98 Å². The Hall–Kier alpha value is -2.08. The maximum absolute atomic E-state index is 11.4. The minimum absolute atomic E-state index is 0.0253. The standard InChI is InChI=1S/C14H14N3O3/c15-12(18)9-2-1-3-10-11(9)16-13(20-10)17-6-4-14(17)5-7-19-8-14/h1,3H,4-8H2,(H2,15,18). The molecule has 2 fully saturated rings. The fourth-order valence-corrected chi connectivity index (χ4v) is 3.03. The predicted molar refractivity (Wildman–Crippen MR) is 71.5 cm³/mol. The molecule has 0 aliphatic carbocycles. The summed E-state index contributed by atoms with van der Waals surface area (Å²) in [4.78, 5) is 18.0. The van der Waals surface area contributed by atoms with Gasteiger partial charge in [-0.3, -0.25) is 4.79 Å². The Labute approximate surface area is 115 Å². The number of oxazole rings is 1. The maximum Gasteiger partial charge on any atom is 0.298 e. The average molecular weight is 272 g/mol. The molecule has 6 nitrogen and oxygen atoms in total. The molecule has 6 heteroatoms. The first-order chi connectivity index (χ1) is 9.70. The highest BCUT2D eigenvalue weighted by Crippen LogP contribution is 2.42. The molecule has 2 aromatic rings. The molecule has 0 saturated carbocycles. The summed E-state index contributed by atoms with van der Waals surface area (Å²) >= 11 is 0. The number of amides is 1. The van der Waals surface area contributed by atoms with Crippen LogP contribution >= 0.6 is 0 Å². The number of nitrogens with two attached hydrogens (primary N) is 1. The van der Waals surface area contributed by atoms with Crippen molar-refractivity contribution in [1.29, 1.82) is 0 Å². The molecule has 2 saturated heterocycles. The first kappa shape index (κ1) is 11.7. The van der Waals surface area contributed by atoms with Gasteiger partial charge in [0.25, 0.3) is 11.9 Å². The second-order valence-electron chi connectivity index (χ2n) is 5.35. The third-order valence-corrected chi connectivity index (χ3v) is 4.27. The normalized spacial score (nSPS) is 25.3. The number of rotatable bonds is 2. The molecule has 1 spiro atoms. The van der Waals surface area contributed by atoms with Crippen LogP contribution in [-0.4, -0.2) is 36.2 Å². The van der Waals surface area contributed by atoms with E-state index in [0.29, 0.717) is 23.7 Å². The van der Waals surface area contributed by atoms with E-state index in [9.17, 15) is 4.79 Å². The molecule has 2 aliphatic rings. The Kier molecular flexibility index (Phi) is 2.32. The van der Waals surface area contributed by atoms with Crippen LogP contribution in [0.4, 0.5) is 6.01 Å². The molecule has 103 valence electrons. The second-order valence-corrected chi connectivity index (χ2v) is 5.35. The largest absolute Gasteiger partial charge is 0.423 e. The van der Waals surface area contributed by atoms with E-state index < -0.39 is 5.91 Å². The summed E-state index contributed by atoms with van der Waals surface area (Å²) < 4.78 is 11.3. The van der Waals surface area contributed by atoms with Gasteiger partial charge in [0.2, 0.25) is 0 Å². The van der Waals surface area contributed by atoms with E-state index in [4.69, 9.17) is 14.9 Å². The number of benzene rings is 1. The zero-order valence-corrected chi connectivity index (χ0v) is 10.9. The Morgan fingerprint density at radius 1 is 1.50 bits per heavy atom. The highest BCUT2D eigenvalue weighted by Gasteiger charge is 2.49. The molecule has 1 amide bonds. The molecular weight excluding hydrogens is 258 g/mol. The topological polar surface area (TPSA) is 81.6 Å². The van der Waals surface area contributed by atoms with Crippen molar-refractivity contribution in [2.45, 2.75) is 18.4 Å². The van der Waals surface area contributed by atoms with Gasteiger partial charge in [-0.2, -0.15) is 4.98 Å². The third-order valence-electron chi connectivity index (χ3n) is 4.27. The average Bonchev–Trinajstić information content (AvgIpc) is 3.04. The lowest BCUT2D eigenvalue weighted by Gasteiger charge is -2.48. The van der Waals surface area contributed by atoms with E-state index in [2.05, 4.69) is 16.0 Å². The Bertz CT molecular complexity index is 688. The van der Waals surface area contributed by atoms with Crippen molar-refractivity contribution in [2.24, 2.45) is 5.73 Å². The lowest BCUT2D eigenvalue weighted by molar-refractivity contribution is 0.100. The summed E-state index contributed by atoms with van der Waals surface area (Å²) in [6, 6.07) is 6.73. The van der Waals surface area contributed by atoms with Crippen LogP contribution in [0, 0.1) is 6.07 Å². The molecular formula is C14H14N3O3. The molecule has 2 N–H and O–H groups in total. The number of anilines is 1. The van der Waals surface area contributed by atoms with Crippen LogP contribution < -0.4 is 10.6 Å². The minimum Gasteiger partial charge on any atom is -0.423 e. The molecule has 1 unspecified atom stereocenters. The second kappa shape index (κ2) is 3.96. The third kappa shape index (κ3) is 1.48. The molecule has 4 rings (SSSR count). The number of carbonyl (C=O) groups is 1. The Morgan fingerprint density at radius 2 is 2.40 bits per heavy atom. The van der Waals surface area contributed by atoms with Gasteiger partial charge in [0, 0.05) is 13.2 Å². The van der Waals surface area contributed by atoms with E-state index in [1.165, 1.54) is 0 Å². The smallest absolute Gasteiger partial charge is 0.298 e. The van der Waals surface area contributed by atoms with Gasteiger partial charge in [-0.15, -0.1) is 0 Å². The van der Waals surface area contributed by atoms with Crippen molar-refractivity contribution in [2.75, 3.05) is 24.7 Å². The van der Waals surface area contributed by atoms with Gasteiger partial charge in [-0.05, 0) is 31.0 Å². The van der Waals surface area contributed by atoms with Crippen LogP contribution in [0.1, 0.15) is 23.2 Å². The van der Waals surface area contributed by atoms with Crippen molar-refractivity contribution in [3.63, 3.8) is 0 Å². The summed E-state index contributed by atoms with van der Waals surface area (Å²) in [5.74, 6) is -0.544. The fourth-order valence-electron chi connectivity index (χ4n) is 3.03. The number of aromatic nitrogens is 1. The molecule has 1 aromatic heterocycles. The van der Waals surface area contributed by atoms with Crippen LogP contribution in [0.25, 0.3) is 11.1 Å². The first-order valence-electron chi connectivity index (χ1n) is 6.66. The highest BCUT2D eigenvalue weighted by atomic mass is 16.5. The quantitative estimate of drug-likeness (QED) is 0.885. The fraction of sp³-hybridized carbons (Fsp3) is 0.429. The van der Waals surface area contributed by atoms with Crippen molar-refractivity contribution < 1.29 is 13.9 Å². The number of hydrogen-bond donors (Lipinski definition) is 1. The molecule has 3 heterocycles. The Balaban J connectivity index is 1.78. The number of primary amides is 1. The summed E-state index contributed by atoms with van der Waals surface area (Å²) in [6.07, 6.45) is 2.07. The molecule has 0 bridgehead atoms. The molecule has 1 radical (unpaired) electrons. The highest BCUT2D eigenvalue weighted by molar-refractivity contribution is 6.03. The number of fused-ring (bicyclic) bond motifs is 1. The molecule has 1 aromatic carbocycles. The van der Waals surface area contributed by atoms with E-state index in [-0.39, 0.29) is 11.1 Å².